The zero-order valence-electron chi connectivity index (χ0n) is 24.5. The van der Waals surface area contributed by atoms with Crippen LogP contribution < -0.4 is 20.1 Å². The van der Waals surface area contributed by atoms with Crippen LogP contribution in [-0.4, -0.2) is 68.6 Å². The number of halogens is 1. The van der Waals surface area contributed by atoms with Gasteiger partial charge in [-0.05, 0) is 63.6 Å². The van der Waals surface area contributed by atoms with Gasteiger partial charge in [-0.25, -0.2) is 9.59 Å². The van der Waals surface area contributed by atoms with Crippen LogP contribution in [0.1, 0.15) is 38.2 Å². The number of non-ortho nitro benzene ring substituents is 1. The average Bonchev–Trinajstić information content (AvgIpc) is 2.99. The summed E-state index contributed by atoms with van der Waals surface area (Å²) >= 11 is 5.86. The van der Waals surface area contributed by atoms with Gasteiger partial charge in [0.15, 0.2) is 0 Å². The van der Waals surface area contributed by atoms with E-state index in [4.69, 9.17) is 30.5 Å². The molecule has 0 spiro atoms. The SMILES string of the molecule is COC(=O)C1=C(C)NC(C)=C(C(=O)OC)C1c1cc([N+](=O)[O-])ccc1OCCCCNCC(O)COc1ccc(Cl)cc1. The van der Waals surface area contributed by atoms with E-state index < -0.39 is 28.9 Å². The van der Waals surface area contributed by atoms with Gasteiger partial charge in [-0.1, -0.05) is 11.6 Å². The van der Waals surface area contributed by atoms with E-state index in [1.165, 1.54) is 32.4 Å². The van der Waals surface area contributed by atoms with Crippen LogP contribution in [0.3, 0.4) is 0 Å². The quantitative estimate of drug-likeness (QED) is 0.115. The van der Waals surface area contributed by atoms with Gasteiger partial charge in [0.05, 0.1) is 42.8 Å². The highest BCUT2D eigenvalue weighted by molar-refractivity contribution is 6.30. The molecule has 0 radical (unpaired) electrons. The van der Waals surface area contributed by atoms with Gasteiger partial charge in [0.1, 0.15) is 24.2 Å². The van der Waals surface area contributed by atoms with Crippen molar-refractivity contribution >= 4 is 29.2 Å². The lowest BCUT2D eigenvalue weighted by molar-refractivity contribution is -0.384. The molecule has 0 bridgehead atoms. The van der Waals surface area contributed by atoms with Crippen LogP contribution in [0.5, 0.6) is 11.5 Å². The summed E-state index contributed by atoms with van der Waals surface area (Å²) in [6.45, 7) is 4.63. The molecule has 0 saturated heterocycles. The summed E-state index contributed by atoms with van der Waals surface area (Å²) < 4.78 is 21.6. The van der Waals surface area contributed by atoms with E-state index in [0.29, 0.717) is 48.1 Å². The van der Waals surface area contributed by atoms with Crippen molar-refractivity contribution in [3.8, 4) is 11.5 Å². The van der Waals surface area contributed by atoms with Crippen LogP contribution in [0.15, 0.2) is 65.0 Å². The Morgan fingerprint density at radius 2 is 1.65 bits per heavy atom. The lowest BCUT2D eigenvalue weighted by Crippen LogP contribution is -2.32. The summed E-state index contributed by atoms with van der Waals surface area (Å²) in [5, 5.41) is 28.6. The second-order valence-corrected chi connectivity index (χ2v) is 10.2. The number of allylic oxidation sites excluding steroid dienone is 2. The van der Waals surface area contributed by atoms with Gasteiger partial charge >= 0.3 is 11.9 Å². The van der Waals surface area contributed by atoms with E-state index in [1.807, 2.05) is 0 Å². The Labute approximate surface area is 254 Å². The van der Waals surface area contributed by atoms with Gasteiger partial charge < -0.3 is 34.7 Å². The van der Waals surface area contributed by atoms with E-state index in [-0.39, 0.29) is 41.4 Å². The number of hydrogen-bond acceptors (Lipinski definition) is 11. The minimum atomic E-state index is -1.03. The van der Waals surface area contributed by atoms with Crippen molar-refractivity contribution in [2.75, 3.05) is 40.5 Å². The maximum Gasteiger partial charge on any atom is 0.336 e. The third kappa shape index (κ3) is 8.93. The molecule has 1 atom stereocenters. The average molecular weight is 618 g/mol. The Balaban J connectivity index is 1.66. The van der Waals surface area contributed by atoms with Gasteiger partial charge in [0.25, 0.3) is 5.69 Å². The first-order valence-corrected chi connectivity index (χ1v) is 14.0. The molecule has 43 heavy (non-hydrogen) atoms. The molecule has 1 unspecified atom stereocenters. The lowest BCUT2D eigenvalue weighted by Gasteiger charge is -2.30. The number of esters is 2. The number of unbranched alkanes of at least 4 members (excludes halogenated alkanes) is 1. The number of hydrogen-bond donors (Lipinski definition) is 3. The fraction of sp³-hybridized carbons (Fsp3) is 0.400. The molecule has 1 heterocycles. The molecule has 3 rings (SSSR count). The number of rotatable bonds is 15. The van der Waals surface area contributed by atoms with Gasteiger partial charge in [0, 0.05) is 40.7 Å². The summed E-state index contributed by atoms with van der Waals surface area (Å²) in [4.78, 5) is 36.9. The zero-order chi connectivity index (χ0) is 31.5. The highest BCUT2D eigenvalue weighted by atomic mass is 35.5. The maximum atomic E-state index is 12.9. The monoisotopic (exact) mass is 617 g/mol. The molecule has 0 amide bonds. The molecule has 3 N–H and O–H groups in total. The zero-order valence-corrected chi connectivity index (χ0v) is 25.2. The molecule has 232 valence electrons. The molecule has 0 fully saturated rings. The number of aliphatic hydroxyl groups excluding tert-OH is 1. The van der Waals surface area contributed by atoms with E-state index in [1.54, 1.807) is 38.1 Å². The summed E-state index contributed by atoms with van der Waals surface area (Å²) in [5.74, 6) is -1.54. The Morgan fingerprint density at radius 3 is 2.23 bits per heavy atom. The van der Waals surface area contributed by atoms with Gasteiger partial charge in [-0.15, -0.1) is 0 Å². The van der Waals surface area contributed by atoms with E-state index >= 15 is 0 Å². The third-order valence-electron chi connectivity index (χ3n) is 6.73. The van der Waals surface area contributed by atoms with Crippen LogP contribution in [0.4, 0.5) is 5.69 Å². The summed E-state index contributed by atoms with van der Waals surface area (Å²) in [7, 11) is 2.43. The summed E-state index contributed by atoms with van der Waals surface area (Å²) in [6.07, 6.45) is 0.615. The summed E-state index contributed by atoms with van der Waals surface area (Å²) in [6, 6.07) is 10.9. The number of carbonyl (C=O) groups excluding carboxylic acids is 2. The van der Waals surface area contributed by atoms with Gasteiger partial charge in [0.2, 0.25) is 0 Å². The molecule has 0 saturated carbocycles. The van der Waals surface area contributed by atoms with Crippen molar-refractivity contribution < 1.29 is 38.6 Å². The first-order valence-electron chi connectivity index (χ1n) is 13.6. The summed E-state index contributed by atoms with van der Waals surface area (Å²) in [5.41, 5.74) is 1.13. The second-order valence-electron chi connectivity index (χ2n) is 9.78. The predicted octanol–water partition coefficient (Wildman–Crippen LogP) is 4.02. The van der Waals surface area contributed by atoms with E-state index in [9.17, 15) is 24.8 Å². The fourth-order valence-corrected chi connectivity index (χ4v) is 4.78. The maximum absolute atomic E-state index is 12.9. The number of benzene rings is 2. The number of nitro groups is 1. The standard InChI is InChI=1S/C30H36ClN3O9/c1-18-26(29(36)40-3)28(27(19(2)33-18)30(37)41-4)24-15-21(34(38)39)9-12-25(24)42-14-6-5-13-32-16-22(35)17-43-23-10-7-20(31)8-11-23/h7-12,15,22,28,32-33,35H,5-6,13-14,16-17H2,1-4H3. The number of aliphatic hydroxyl groups is 1. The number of ether oxygens (including phenoxy) is 4. The van der Waals surface area contributed by atoms with Crippen LogP contribution >= 0.6 is 11.6 Å². The molecule has 2 aromatic carbocycles. The van der Waals surface area contributed by atoms with Gasteiger partial charge in [-0.3, -0.25) is 10.1 Å². The first kappa shape index (κ1) is 33.4. The van der Waals surface area contributed by atoms with E-state index in [0.717, 1.165) is 0 Å². The molecule has 2 aromatic rings. The third-order valence-corrected chi connectivity index (χ3v) is 6.98. The minimum absolute atomic E-state index is 0.113. The smallest absolute Gasteiger partial charge is 0.336 e. The topological polar surface area (TPSA) is 158 Å². The number of nitrogens with one attached hydrogen (secondary N) is 2. The van der Waals surface area contributed by atoms with Crippen LogP contribution in [-0.2, 0) is 19.1 Å². The normalized spacial score (nSPS) is 14.2. The van der Waals surface area contributed by atoms with Crippen molar-refractivity contribution in [3.05, 3.63) is 85.7 Å². The number of carbonyl (C=O) groups is 2. The highest BCUT2D eigenvalue weighted by Gasteiger charge is 2.39. The fourth-order valence-electron chi connectivity index (χ4n) is 4.66. The van der Waals surface area contributed by atoms with Crippen molar-refractivity contribution in [2.24, 2.45) is 0 Å². The van der Waals surface area contributed by atoms with Gasteiger partial charge in [-0.2, -0.15) is 0 Å². The molecule has 13 heteroatoms. The number of methoxy groups -OCH3 is 2. The van der Waals surface area contributed by atoms with Crippen LogP contribution in [0, 0.1) is 10.1 Å². The van der Waals surface area contributed by atoms with Crippen LogP contribution in [0.2, 0.25) is 5.02 Å². The molecule has 0 aliphatic carbocycles. The highest BCUT2D eigenvalue weighted by Crippen LogP contribution is 2.44. The Hall–Kier alpha value is -4.13. The van der Waals surface area contributed by atoms with Crippen LogP contribution in [0.25, 0.3) is 0 Å². The number of nitro benzene ring substituents is 1. The molecular formula is C30H36ClN3O9. The van der Waals surface area contributed by atoms with Crippen molar-refractivity contribution in [1.82, 2.24) is 10.6 Å². The molecular weight excluding hydrogens is 582 g/mol. The Kier molecular flexibility index (Phi) is 12.4. The van der Waals surface area contributed by atoms with Crippen molar-refractivity contribution in [3.63, 3.8) is 0 Å². The Bertz CT molecular complexity index is 1340. The lowest BCUT2D eigenvalue weighted by atomic mass is 9.80. The minimum Gasteiger partial charge on any atom is -0.493 e. The first-order chi connectivity index (χ1) is 20.6. The van der Waals surface area contributed by atoms with Crippen molar-refractivity contribution in [2.45, 2.75) is 38.7 Å². The molecule has 0 aromatic heterocycles. The van der Waals surface area contributed by atoms with E-state index in [2.05, 4.69) is 10.6 Å². The number of dihydropyridines is 1. The predicted molar refractivity (Wildman–Crippen MR) is 159 cm³/mol. The molecule has 1 aliphatic rings. The number of nitrogens with zero attached hydrogens (tertiary/aromatic N) is 1. The van der Waals surface area contributed by atoms with Crippen molar-refractivity contribution in [1.29, 1.82) is 0 Å². The largest absolute Gasteiger partial charge is 0.493 e. The second kappa shape index (κ2) is 15.9. The molecule has 1 aliphatic heterocycles. The Morgan fingerprint density at radius 1 is 1.02 bits per heavy atom. The molecule has 12 nitrogen and oxygen atoms in total.